The highest BCUT2D eigenvalue weighted by molar-refractivity contribution is 5.96. The maximum atomic E-state index is 12.5. The number of rotatable bonds is 5. The van der Waals surface area contributed by atoms with Crippen molar-refractivity contribution < 1.29 is 13.8 Å². The molecule has 1 aliphatic carbocycles. The monoisotopic (exact) mass is 409 g/mol. The zero-order valence-corrected chi connectivity index (χ0v) is 17.9. The molecule has 0 spiro atoms. The van der Waals surface area contributed by atoms with Crippen LogP contribution in [0, 0.1) is 33.6 Å². The molecule has 0 atom stereocenters. The minimum absolute atomic E-state index is 0.109. The molecule has 3 heterocycles. The summed E-state index contributed by atoms with van der Waals surface area (Å²) in [4.78, 5) is 21.6. The molecule has 1 N–H and O–H groups in total. The van der Waals surface area contributed by atoms with E-state index in [4.69, 9.17) is 14.0 Å². The Morgan fingerprint density at radius 1 is 1.10 bits per heavy atom. The normalized spacial score (nSPS) is 19.1. The molecule has 1 aliphatic rings. The Bertz CT molecular complexity index is 1030. The average molecular weight is 409 g/mol. The molecule has 0 aromatic carbocycles. The summed E-state index contributed by atoms with van der Waals surface area (Å²) in [5.74, 6) is 2.73. The predicted octanol–water partition coefficient (Wildman–Crippen LogP) is 4.06. The molecule has 30 heavy (non-hydrogen) atoms. The number of hydrogen-bond donors (Lipinski definition) is 1. The van der Waals surface area contributed by atoms with E-state index in [1.165, 1.54) is 0 Å². The Balaban J connectivity index is 1.39. The van der Waals surface area contributed by atoms with Gasteiger partial charge in [0.1, 0.15) is 17.1 Å². The molecular formula is C22H27N5O3. The van der Waals surface area contributed by atoms with Gasteiger partial charge in [-0.25, -0.2) is 9.97 Å². The quantitative estimate of drug-likeness (QED) is 0.677. The summed E-state index contributed by atoms with van der Waals surface area (Å²) >= 11 is 0. The minimum atomic E-state index is -0.109. The van der Waals surface area contributed by atoms with Crippen molar-refractivity contribution in [3.05, 3.63) is 46.5 Å². The van der Waals surface area contributed by atoms with Gasteiger partial charge in [-0.1, -0.05) is 10.3 Å². The minimum Gasteiger partial charge on any atom is -0.361 e. The fraction of sp³-hybridized carbons (Fsp3) is 0.500. The van der Waals surface area contributed by atoms with Crippen molar-refractivity contribution >= 4 is 5.91 Å². The number of carbonyl (C=O) groups excluding carboxylic acids is 1. The number of carbonyl (C=O) groups is 1. The second-order valence-corrected chi connectivity index (χ2v) is 8.18. The van der Waals surface area contributed by atoms with E-state index in [1.54, 1.807) is 13.8 Å². The lowest BCUT2D eigenvalue weighted by atomic mass is 9.79. The van der Waals surface area contributed by atoms with Crippen LogP contribution in [-0.4, -0.2) is 32.7 Å². The molecule has 0 unspecified atom stereocenters. The van der Waals surface area contributed by atoms with Crippen LogP contribution < -0.4 is 5.32 Å². The molecule has 158 valence electrons. The summed E-state index contributed by atoms with van der Waals surface area (Å²) < 4.78 is 10.6. The van der Waals surface area contributed by atoms with Gasteiger partial charge in [0, 0.05) is 24.7 Å². The van der Waals surface area contributed by atoms with E-state index in [-0.39, 0.29) is 5.91 Å². The lowest BCUT2D eigenvalue weighted by Crippen LogP contribution is -2.31. The Morgan fingerprint density at radius 2 is 1.87 bits per heavy atom. The second-order valence-electron chi connectivity index (χ2n) is 8.18. The van der Waals surface area contributed by atoms with E-state index < -0.39 is 0 Å². The number of nitrogens with one attached hydrogen (secondary N) is 1. The molecule has 0 radical (unpaired) electrons. The van der Waals surface area contributed by atoms with E-state index in [0.717, 1.165) is 54.2 Å². The standard InChI is InChI=1S/C22H27N5O3/c1-12-9-19(30-26-12)18-11-23-15(4)25-21(18)17-7-5-16(6-8-17)10-24-22(28)20-13(2)27-29-14(20)3/h9,11,16-17H,5-8,10H2,1-4H3,(H,24,28). The first-order chi connectivity index (χ1) is 14.4. The molecule has 8 nitrogen and oxygen atoms in total. The summed E-state index contributed by atoms with van der Waals surface area (Å²) in [6.45, 7) is 8.02. The van der Waals surface area contributed by atoms with Crippen molar-refractivity contribution in [2.75, 3.05) is 6.54 Å². The average Bonchev–Trinajstić information content (AvgIpc) is 3.31. The summed E-state index contributed by atoms with van der Waals surface area (Å²) in [5, 5.41) is 10.9. The largest absolute Gasteiger partial charge is 0.361 e. The molecule has 1 amide bonds. The molecule has 1 fully saturated rings. The molecule has 3 aromatic heterocycles. The van der Waals surface area contributed by atoms with Crippen molar-refractivity contribution in [1.82, 2.24) is 25.6 Å². The van der Waals surface area contributed by atoms with Crippen molar-refractivity contribution in [2.45, 2.75) is 59.3 Å². The number of amides is 1. The smallest absolute Gasteiger partial charge is 0.256 e. The van der Waals surface area contributed by atoms with E-state index in [0.29, 0.717) is 35.4 Å². The molecule has 8 heteroatoms. The van der Waals surface area contributed by atoms with Crippen molar-refractivity contribution in [1.29, 1.82) is 0 Å². The topological polar surface area (TPSA) is 107 Å². The summed E-state index contributed by atoms with van der Waals surface area (Å²) in [5.41, 5.74) is 3.98. The fourth-order valence-corrected chi connectivity index (χ4v) is 4.25. The van der Waals surface area contributed by atoms with Gasteiger partial charge in [-0.3, -0.25) is 4.79 Å². The summed E-state index contributed by atoms with van der Waals surface area (Å²) in [6.07, 6.45) is 5.94. The SMILES string of the molecule is Cc1cc(-c2cnc(C)nc2C2CCC(CNC(=O)c3c(C)noc3C)CC2)on1. The van der Waals surface area contributed by atoms with E-state index >= 15 is 0 Å². The van der Waals surface area contributed by atoms with Crippen LogP contribution in [0.2, 0.25) is 0 Å². The third-order valence-corrected chi connectivity index (χ3v) is 5.88. The fourth-order valence-electron chi connectivity index (χ4n) is 4.25. The number of aryl methyl sites for hydroxylation is 4. The molecule has 3 aromatic rings. The highest BCUT2D eigenvalue weighted by Crippen LogP contribution is 2.38. The first-order valence-corrected chi connectivity index (χ1v) is 10.4. The Kier molecular flexibility index (Phi) is 5.65. The first kappa shape index (κ1) is 20.3. The van der Waals surface area contributed by atoms with Crippen LogP contribution in [0.4, 0.5) is 0 Å². The Morgan fingerprint density at radius 3 is 2.50 bits per heavy atom. The zero-order valence-electron chi connectivity index (χ0n) is 17.9. The predicted molar refractivity (Wildman–Crippen MR) is 110 cm³/mol. The van der Waals surface area contributed by atoms with E-state index in [9.17, 15) is 4.79 Å². The third kappa shape index (κ3) is 4.13. The third-order valence-electron chi connectivity index (χ3n) is 5.88. The van der Waals surface area contributed by atoms with Gasteiger partial charge < -0.3 is 14.4 Å². The summed E-state index contributed by atoms with van der Waals surface area (Å²) in [6, 6.07) is 1.92. The number of nitrogens with zero attached hydrogens (tertiary/aromatic N) is 4. The van der Waals surface area contributed by atoms with Gasteiger partial charge in [0.25, 0.3) is 5.91 Å². The van der Waals surface area contributed by atoms with Gasteiger partial charge in [-0.2, -0.15) is 0 Å². The van der Waals surface area contributed by atoms with Gasteiger partial charge >= 0.3 is 0 Å². The molecule has 0 aliphatic heterocycles. The van der Waals surface area contributed by atoms with Crippen molar-refractivity contribution in [3.63, 3.8) is 0 Å². The zero-order chi connectivity index (χ0) is 21.3. The maximum absolute atomic E-state index is 12.5. The van der Waals surface area contributed by atoms with E-state index in [1.807, 2.05) is 26.1 Å². The second kappa shape index (κ2) is 8.38. The maximum Gasteiger partial charge on any atom is 0.256 e. The van der Waals surface area contributed by atoms with Crippen LogP contribution in [0.1, 0.15) is 70.6 Å². The van der Waals surface area contributed by atoms with Crippen LogP contribution in [0.25, 0.3) is 11.3 Å². The summed E-state index contributed by atoms with van der Waals surface area (Å²) in [7, 11) is 0. The molecular weight excluding hydrogens is 382 g/mol. The van der Waals surface area contributed by atoms with Crippen molar-refractivity contribution in [2.24, 2.45) is 5.92 Å². The van der Waals surface area contributed by atoms with E-state index in [2.05, 4.69) is 20.6 Å². The van der Waals surface area contributed by atoms with Crippen LogP contribution in [-0.2, 0) is 0 Å². The van der Waals surface area contributed by atoms with Crippen LogP contribution in [0.15, 0.2) is 21.3 Å². The molecule has 0 saturated heterocycles. The molecule has 4 rings (SSSR count). The van der Waals surface area contributed by atoms with Gasteiger partial charge in [-0.15, -0.1) is 0 Å². The van der Waals surface area contributed by atoms with Crippen LogP contribution in [0.5, 0.6) is 0 Å². The number of aromatic nitrogens is 4. The highest BCUT2D eigenvalue weighted by Gasteiger charge is 2.27. The van der Waals surface area contributed by atoms with Crippen LogP contribution >= 0.6 is 0 Å². The van der Waals surface area contributed by atoms with Crippen molar-refractivity contribution in [3.8, 4) is 11.3 Å². The molecule has 0 bridgehead atoms. The number of hydrogen-bond acceptors (Lipinski definition) is 7. The molecule has 1 saturated carbocycles. The van der Waals surface area contributed by atoms with Crippen LogP contribution in [0.3, 0.4) is 0 Å². The van der Waals surface area contributed by atoms with Gasteiger partial charge in [0.05, 0.1) is 22.6 Å². The highest BCUT2D eigenvalue weighted by atomic mass is 16.5. The Labute approximate surface area is 175 Å². The van der Waals surface area contributed by atoms with Gasteiger partial charge in [0.2, 0.25) is 0 Å². The lowest BCUT2D eigenvalue weighted by molar-refractivity contribution is 0.0940. The Hall–Kier alpha value is -3.03. The van der Waals surface area contributed by atoms with Gasteiger partial charge in [-0.05, 0) is 59.3 Å². The first-order valence-electron chi connectivity index (χ1n) is 10.4. The lowest BCUT2D eigenvalue weighted by Gasteiger charge is -2.29. The van der Waals surface area contributed by atoms with Gasteiger partial charge in [0.15, 0.2) is 5.76 Å².